The lowest BCUT2D eigenvalue weighted by Gasteiger charge is -2.05. The molecular formula is C6H18N4. The van der Waals surface area contributed by atoms with Crippen molar-refractivity contribution in [2.45, 2.75) is 6.92 Å². The molecule has 0 fully saturated rings. The van der Waals surface area contributed by atoms with Gasteiger partial charge in [0.2, 0.25) is 0 Å². The molecule has 0 bridgehead atoms. The molecule has 0 aromatic rings. The van der Waals surface area contributed by atoms with Gasteiger partial charge in [0, 0.05) is 20.0 Å². The highest BCUT2D eigenvalue weighted by Crippen LogP contribution is 1.51. The van der Waals surface area contributed by atoms with Crippen LogP contribution in [-0.2, 0) is 0 Å². The zero-order valence-electron chi connectivity index (χ0n) is 6.83. The average Bonchev–Trinajstić information content (AvgIpc) is 1.97. The van der Waals surface area contributed by atoms with Crippen LogP contribution in [0, 0.1) is 0 Å². The molecule has 10 heavy (non-hydrogen) atoms. The van der Waals surface area contributed by atoms with Crippen LogP contribution in [0.4, 0.5) is 0 Å². The Morgan fingerprint density at radius 1 is 0.900 bits per heavy atom. The van der Waals surface area contributed by atoms with E-state index in [1.54, 1.807) is 0 Å². The molecule has 0 atom stereocenters. The number of hydrogen-bond donors (Lipinski definition) is 4. The fourth-order valence-corrected chi connectivity index (χ4v) is 0.552. The summed E-state index contributed by atoms with van der Waals surface area (Å²) in [5, 5.41) is 12.4. The summed E-state index contributed by atoms with van der Waals surface area (Å²) in [6.45, 7) is 5.65. The van der Waals surface area contributed by atoms with Gasteiger partial charge in [-0.05, 0) is 13.6 Å². The fourth-order valence-electron chi connectivity index (χ4n) is 0.552. The Morgan fingerprint density at radius 2 is 1.50 bits per heavy atom. The van der Waals surface area contributed by atoms with Gasteiger partial charge in [-0.15, -0.1) is 0 Å². The maximum atomic E-state index is 3.16. The first-order valence-corrected chi connectivity index (χ1v) is 3.68. The van der Waals surface area contributed by atoms with Crippen molar-refractivity contribution in [3.63, 3.8) is 0 Å². The molecule has 0 aliphatic heterocycles. The van der Waals surface area contributed by atoms with E-state index >= 15 is 0 Å². The first-order valence-electron chi connectivity index (χ1n) is 3.68. The van der Waals surface area contributed by atoms with E-state index in [4.69, 9.17) is 0 Å². The molecule has 0 heterocycles. The number of nitrogens with one attached hydrogen (secondary N) is 4. The summed E-state index contributed by atoms with van der Waals surface area (Å²) in [4.78, 5) is 0. The summed E-state index contributed by atoms with van der Waals surface area (Å²) < 4.78 is 0. The SMILES string of the molecule is CCNCNCNCNC. The van der Waals surface area contributed by atoms with Gasteiger partial charge in [0.1, 0.15) is 0 Å². The highest BCUT2D eigenvalue weighted by Gasteiger charge is 1.81. The minimum Gasteiger partial charge on any atom is -0.308 e. The van der Waals surface area contributed by atoms with Gasteiger partial charge in [-0.3, -0.25) is 10.6 Å². The molecule has 0 spiro atoms. The van der Waals surface area contributed by atoms with Crippen LogP contribution in [0.2, 0.25) is 0 Å². The lowest BCUT2D eigenvalue weighted by Crippen LogP contribution is -2.38. The molecule has 0 radical (unpaired) electrons. The summed E-state index contributed by atoms with van der Waals surface area (Å²) in [5.74, 6) is 0. The van der Waals surface area contributed by atoms with E-state index in [2.05, 4.69) is 28.2 Å². The Hall–Kier alpha value is -0.160. The fraction of sp³-hybridized carbons (Fsp3) is 1.00. The van der Waals surface area contributed by atoms with E-state index in [1.165, 1.54) is 0 Å². The molecule has 0 aliphatic rings. The van der Waals surface area contributed by atoms with Gasteiger partial charge in [0.05, 0.1) is 0 Å². The Balaban J connectivity index is 2.65. The van der Waals surface area contributed by atoms with Crippen LogP contribution >= 0.6 is 0 Å². The molecule has 4 N–H and O–H groups in total. The van der Waals surface area contributed by atoms with Crippen molar-refractivity contribution < 1.29 is 0 Å². The Kier molecular flexibility index (Phi) is 8.70. The van der Waals surface area contributed by atoms with E-state index in [-0.39, 0.29) is 0 Å². The zero-order chi connectivity index (χ0) is 7.66. The van der Waals surface area contributed by atoms with Crippen LogP contribution < -0.4 is 21.3 Å². The first-order chi connectivity index (χ1) is 4.91. The van der Waals surface area contributed by atoms with Crippen LogP contribution in [0.1, 0.15) is 6.92 Å². The minimum absolute atomic E-state index is 0.841. The van der Waals surface area contributed by atoms with Gasteiger partial charge in [-0.25, -0.2) is 0 Å². The average molecular weight is 146 g/mol. The molecule has 0 aromatic heterocycles. The molecule has 0 saturated carbocycles. The van der Waals surface area contributed by atoms with Crippen molar-refractivity contribution in [1.82, 2.24) is 21.3 Å². The van der Waals surface area contributed by atoms with E-state index in [0.717, 1.165) is 26.6 Å². The third-order valence-electron chi connectivity index (χ3n) is 1.05. The second-order valence-electron chi connectivity index (χ2n) is 1.99. The Morgan fingerprint density at radius 3 is 2.10 bits per heavy atom. The van der Waals surface area contributed by atoms with Crippen molar-refractivity contribution in [3.05, 3.63) is 0 Å². The summed E-state index contributed by atoms with van der Waals surface area (Å²) in [5.41, 5.74) is 0. The molecular weight excluding hydrogens is 128 g/mol. The Labute approximate surface area is 62.8 Å². The summed E-state index contributed by atoms with van der Waals surface area (Å²) in [6, 6.07) is 0. The minimum atomic E-state index is 0.841. The molecule has 0 aliphatic carbocycles. The summed E-state index contributed by atoms with van der Waals surface area (Å²) in [6.07, 6.45) is 0. The lowest BCUT2D eigenvalue weighted by molar-refractivity contribution is 0.527. The highest BCUT2D eigenvalue weighted by molar-refractivity contribution is 4.42. The van der Waals surface area contributed by atoms with Crippen molar-refractivity contribution >= 4 is 0 Å². The molecule has 0 saturated heterocycles. The van der Waals surface area contributed by atoms with E-state index in [1.807, 2.05) is 7.05 Å². The summed E-state index contributed by atoms with van der Waals surface area (Å²) in [7, 11) is 1.91. The standard InChI is InChI=1S/C6H18N4/c1-3-8-5-10-6-9-4-7-2/h7-10H,3-6H2,1-2H3. The lowest BCUT2D eigenvalue weighted by atomic mass is 10.7. The smallest absolute Gasteiger partial charge is 0.0474 e. The Bertz CT molecular complexity index is 49.7. The molecule has 4 heteroatoms. The van der Waals surface area contributed by atoms with Gasteiger partial charge in [0.15, 0.2) is 0 Å². The number of rotatable bonds is 7. The van der Waals surface area contributed by atoms with Gasteiger partial charge < -0.3 is 10.6 Å². The van der Waals surface area contributed by atoms with Crippen LogP contribution in [0.3, 0.4) is 0 Å². The van der Waals surface area contributed by atoms with Gasteiger partial charge in [0.25, 0.3) is 0 Å². The highest BCUT2D eigenvalue weighted by atomic mass is 15.2. The normalized spacial score (nSPS) is 10.2. The third-order valence-corrected chi connectivity index (χ3v) is 1.05. The quantitative estimate of drug-likeness (QED) is 0.271. The predicted octanol–water partition coefficient (Wildman–Crippen LogP) is -1.13. The molecule has 0 rings (SSSR count). The van der Waals surface area contributed by atoms with E-state index < -0.39 is 0 Å². The summed E-state index contributed by atoms with van der Waals surface area (Å²) >= 11 is 0. The molecule has 62 valence electrons. The van der Waals surface area contributed by atoms with E-state index in [9.17, 15) is 0 Å². The zero-order valence-corrected chi connectivity index (χ0v) is 6.83. The number of hydrogen-bond acceptors (Lipinski definition) is 4. The van der Waals surface area contributed by atoms with Crippen LogP contribution in [0.25, 0.3) is 0 Å². The van der Waals surface area contributed by atoms with Crippen molar-refractivity contribution in [2.75, 3.05) is 33.6 Å². The molecule has 4 nitrogen and oxygen atoms in total. The van der Waals surface area contributed by atoms with Crippen LogP contribution in [0.5, 0.6) is 0 Å². The third kappa shape index (κ3) is 7.84. The molecule has 0 aromatic carbocycles. The van der Waals surface area contributed by atoms with Gasteiger partial charge >= 0.3 is 0 Å². The van der Waals surface area contributed by atoms with Crippen molar-refractivity contribution in [2.24, 2.45) is 0 Å². The monoisotopic (exact) mass is 146 g/mol. The maximum absolute atomic E-state index is 3.16. The van der Waals surface area contributed by atoms with Crippen LogP contribution in [0.15, 0.2) is 0 Å². The maximum Gasteiger partial charge on any atom is 0.0474 e. The first kappa shape index (κ1) is 9.84. The molecule has 0 amide bonds. The van der Waals surface area contributed by atoms with Gasteiger partial charge in [-0.1, -0.05) is 6.92 Å². The second-order valence-corrected chi connectivity index (χ2v) is 1.99. The van der Waals surface area contributed by atoms with Gasteiger partial charge in [-0.2, -0.15) is 0 Å². The van der Waals surface area contributed by atoms with E-state index in [0.29, 0.717) is 0 Å². The predicted molar refractivity (Wildman–Crippen MR) is 43.6 cm³/mol. The molecule has 0 unspecified atom stereocenters. The van der Waals surface area contributed by atoms with Crippen LogP contribution in [-0.4, -0.2) is 33.6 Å². The second kappa shape index (κ2) is 8.84. The van der Waals surface area contributed by atoms with Crippen molar-refractivity contribution in [3.8, 4) is 0 Å². The topological polar surface area (TPSA) is 48.1 Å². The van der Waals surface area contributed by atoms with Crippen molar-refractivity contribution in [1.29, 1.82) is 0 Å². The largest absolute Gasteiger partial charge is 0.308 e.